The van der Waals surface area contributed by atoms with Crippen LogP contribution in [0.2, 0.25) is 0 Å². The number of carbonyl (C=O) groups excluding carboxylic acids is 1. The second-order valence-corrected chi connectivity index (χ2v) is 10.3. The highest BCUT2D eigenvalue weighted by Gasteiger charge is 2.26. The molecule has 4 rings (SSSR count). The molecular weight excluding hydrogens is 422 g/mol. The maximum atomic E-state index is 12.6. The molecule has 1 N–H and O–H groups in total. The Kier molecular flexibility index (Phi) is 6.91. The van der Waals surface area contributed by atoms with Gasteiger partial charge in [-0.1, -0.05) is 53.4 Å². The van der Waals surface area contributed by atoms with E-state index in [2.05, 4.69) is 42.9 Å². The summed E-state index contributed by atoms with van der Waals surface area (Å²) in [6.07, 6.45) is 1.73. The van der Waals surface area contributed by atoms with Gasteiger partial charge in [0.25, 0.3) is 0 Å². The molecule has 1 amide bonds. The second kappa shape index (κ2) is 9.80. The minimum atomic E-state index is 0.0349. The summed E-state index contributed by atoms with van der Waals surface area (Å²) >= 11 is 4.77. The van der Waals surface area contributed by atoms with Crippen molar-refractivity contribution in [1.29, 1.82) is 0 Å². The predicted molar refractivity (Wildman–Crippen MR) is 119 cm³/mol. The van der Waals surface area contributed by atoms with E-state index in [0.717, 1.165) is 53.3 Å². The van der Waals surface area contributed by atoms with E-state index >= 15 is 0 Å². The molecule has 3 heterocycles. The molecule has 1 aliphatic heterocycles. The van der Waals surface area contributed by atoms with Crippen molar-refractivity contribution in [3.8, 4) is 0 Å². The Hall–Kier alpha value is -1.81. The first-order valence-corrected chi connectivity index (χ1v) is 12.3. The van der Waals surface area contributed by atoms with Gasteiger partial charge in [-0.2, -0.15) is 0 Å². The molecule has 1 aromatic carbocycles. The van der Waals surface area contributed by atoms with Crippen LogP contribution in [-0.2, 0) is 17.1 Å². The summed E-state index contributed by atoms with van der Waals surface area (Å²) in [7, 11) is 0. The van der Waals surface area contributed by atoms with Gasteiger partial charge in [0.2, 0.25) is 11.0 Å². The minimum absolute atomic E-state index is 0.0349. The van der Waals surface area contributed by atoms with E-state index in [1.807, 2.05) is 25.1 Å². The number of hydrogen-bond acceptors (Lipinski definition) is 8. The molecule has 29 heavy (non-hydrogen) atoms. The number of thioether (sulfide) groups is 1. The first-order chi connectivity index (χ1) is 14.2. The van der Waals surface area contributed by atoms with Crippen LogP contribution in [0, 0.1) is 12.8 Å². The minimum Gasteiger partial charge on any atom is -0.300 e. The number of piperidine rings is 1. The summed E-state index contributed by atoms with van der Waals surface area (Å²) in [6.45, 7) is 4.74. The molecule has 0 spiro atoms. The third kappa shape index (κ3) is 5.85. The first-order valence-electron chi connectivity index (χ1n) is 9.60. The van der Waals surface area contributed by atoms with Gasteiger partial charge in [-0.05, 0) is 38.4 Å². The largest absolute Gasteiger partial charge is 0.300 e. The second-order valence-electron chi connectivity index (χ2n) is 7.04. The van der Waals surface area contributed by atoms with Crippen LogP contribution in [0.1, 0.15) is 29.1 Å². The normalized spacial score (nSPS) is 15.5. The average Bonchev–Trinajstić information content (AvgIpc) is 3.36. The smallest absolute Gasteiger partial charge is 0.229 e. The van der Waals surface area contributed by atoms with Crippen molar-refractivity contribution in [3.63, 3.8) is 0 Å². The zero-order valence-corrected chi connectivity index (χ0v) is 18.7. The van der Waals surface area contributed by atoms with Crippen molar-refractivity contribution in [2.24, 2.45) is 5.92 Å². The zero-order valence-electron chi connectivity index (χ0n) is 16.2. The molecule has 6 nitrogen and oxygen atoms in total. The van der Waals surface area contributed by atoms with Crippen LogP contribution in [0.4, 0.5) is 5.13 Å². The monoisotopic (exact) mass is 445 g/mol. The Balaban J connectivity index is 1.22. The topological polar surface area (TPSA) is 71.0 Å². The lowest BCUT2D eigenvalue weighted by Crippen LogP contribution is -2.37. The number of nitrogens with one attached hydrogen (secondary N) is 1. The number of nitrogens with zero attached hydrogens (tertiary/aromatic N) is 4. The summed E-state index contributed by atoms with van der Waals surface area (Å²) in [6, 6.07) is 10.3. The molecule has 152 valence electrons. The third-order valence-corrected chi connectivity index (χ3v) is 7.72. The molecule has 2 aromatic heterocycles. The zero-order chi connectivity index (χ0) is 20.1. The summed E-state index contributed by atoms with van der Waals surface area (Å²) in [5, 5.41) is 15.1. The highest BCUT2D eigenvalue weighted by Crippen LogP contribution is 2.29. The highest BCUT2D eigenvalue weighted by atomic mass is 32.2. The number of aryl methyl sites for hydroxylation is 1. The Morgan fingerprint density at radius 3 is 2.76 bits per heavy atom. The van der Waals surface area contributed by atoms with E-state index in [-0.39, 0.29) is 11.8 Å². The summed E-state index contributed by atoms with van der Waals surface area (Å²) < 4.78 is 0.873. The van der Waals surface area contributed by atoms with Gasteiger partial charge in [0, 0.05) is 23.6 Å². The lowest BCUT2D eigenvalue weighted by Gasteiger charge is -2.30. The summed E-state index contributed by atoms with van der Waals surface area (Å²) in [4.78, 5) is 19.5. The van der Waals surface area contributed by atoms with E-state index in [1.54, 1.807) is 23.1 Å². The number of amides is 1. The number of aromatic nitrogens is 3. The van der Waals surface area contributed by atoms with Gasteiger partial charge in [-0.3, -0.25) is 9.69 Å². The van der Waals surface area contributed by atoms with E-state index in [0.29, 0.717) is 5.13 Å². The van der Waals surface area contributed by atoms with Crippen LogP contribution in [0.5, 0.6) is 0 Å². The third-order valence-electron chi connectivity index (χ3n) is 4.85. The summed E-state index contributed by atoms with van der Waals surface area (Å²) in [5.74, 6) is 0.943. The fraction of sp³-hybridized carbons (Fsp3) is 0.400. The van der Waals surface area contributed by atoms with Gasteiger partial charge < -0.3 is 5.32 Å². The number of rotatable bonds is 7. The quantitative estimate of drug-likeness (QED) is 0.428. The number of anilines is 1. The van der Waals surface area contributed by atoms with Gasteiger partial charge in [0.15, 0.2) is 4.34 Å². The Labute approximate surface area is 182 Å². The van der Waals surface area contributed by atoms with E-state index in [1.165, 1.54) is 16.9 Å². The molecular formula is C20H23N5OS3. The summed E-state index contributed by atoms with van der Waals surface area (Å²) in [5.41, 5.74) is 2.38. The van der Waals surface area contributed by atoms with Crippen LogP contribution in [0.3, 0.4) is 0 Å². The SMILES string of the molecule is Cc1nc(CN2CCC(C(=O)Nc3nnc(SCc4ccccc4)s3)CC2)cs1. The van der Waals surface area contributed by atoms with Crippen LogP contribution in [-0.4, -0.2) is 39.1 Å². The number of benzene rings is 1. The Bertz CT molecular complexity index is 935. The van der Waals surface area contributed by atoms with Gasteiger partial charge >= 0.3 is 0 Å². The molecule has 0 bridgehead atoms. The standard InChI is InChI=1S/C20H23N5OS3/c1-14-21-17(13-27-14)11-25-9-7-16(8-10-25)18(26)22-19-23-24-20(29-19)28-12-15-5-3-2-4-6-15/h2-6,13,16H,7-12H2,1H3,(H,22,23,26). The fourth-order valence-electron chi connectivity index (χ4n) is 3.31. The Morgan fingerprint density at radius 2 is 2.03 bits per heavy atom. The Morgan fingerprint density at radius 1 is 1.24 bits per heavy atom. The molecule has 1 saturated heterocycles. The predicted octanol–water partition coefficient (Wildman–Crippen LogP) is 4.45. The molecule has 1 fully saturated rings. The average molecular weight is 446 g/mol. The van der Waals surface area contributed by atoms with Crippen LogP contribution in [0.25, 0.3) is 0 Å². The molecule has 9 heteroatoms. The lowest BCUT2D eigenvalue weighted by molar-refractivity contribution is -0.121. The molecule has 1 aliphatic rings. The van der Waals surface area contributed by atoms with Gasteiger partial charge in [0.05, 0.1) is 10.7 Å². The molecule has 0 saturated carbocycles. The van der Waals surface area contributed by atoms with Crippen LogP contribution < -0.4 is 5.32 Å². The van der Waals surface area contributed by atoms with E-state index in [4.69, 9.17) is 0 Å². The van der Waals surface area contributed by atoms with Crippen LogP contribution >= 0.6 is 34.4 Å². The van der Waals surface area contributed by atoms with Crippen molar-refractivity contribution in [2.75, 3.05) is 18.4 Å². The molecule has 0 radical (unpaired) electrons. The number of carbonyl (C=O) groups is 1. The molecule has 0 atom stereocenters. The van der Waals surface area contributed by atoms with Gasteiger partial charge in [-0.15, -0.1) is 21.5 Å². The first kappa shape index (κ1) is 20.5. The van der Waals surface area contributed by atoms with E-state index < -0.39 is 0 Å². The maximum absolute atomic E-state index is 12.6. The molecule has 0 unspecified atom stereocenters. The number of likely N-dealkylation sites (tertiary alicyclic amines) is 1. The lowest BCUT2D eigenvalue weighted by atomic mass is 9.96. The van der Waals surface area contributed by atoms with Gasteiger partial charge in [-0.25, -0.2) is 4.98 Å². The molecule has 0 aliphatic carbocycles. The van der Waals surface area contributed by atoms with Crippen molar-refractivity contribution < 1.29 is 4.79 Å². The van der Waals surface area contributed by atoms with Crippen LogP contribution in [0.15, 0.2) is 40.1 Å². The molecule has 3 aromatic rings. The van der Waals surface area contributed by atoms with Crippen molar-refractivity contribution >= 4 is 45.5 Å². The van der Waals surface area contributed by atoms with Crippen molar-refractivity contribution in [2.45, 2.75) is 36.4 Å². The maximum Gasteiger partial charge on any atom is 0.229 e. The van der Waals surface area contributed by atoms with E-state index in [9.17, 15) is 4.79 Å². The number of hydrogen-bond donors (Lipinski definition) is 1. The number of thiazole rings is 1. The highest BCUT2D eigenvalue weighted by molar-refractivity contribution is 8.00. The fourth-order valence-corrected chi connectivity index (χ4v) is 5.62. The van der Waals surface area contributed by atoms with Gasteiger partial charge in [0.1, 0.15) is 0 Å². The van der Waals surface area contributed by atoms with Crippen molar-refractivity contribution in [1.82, 2.24) is 20.1 Å². The van der Waals surface area contributed by atoms with Crippen molar-refractivity contribution in [3.05, 3.63) is 52.0 Å².